The molecule has 0 spiro atoms. The Balaban J connectivity index is 0.00000256. The fourth-order valence-electron chi connectivity index (χ4n) is 1.03. The average Bonchev–Trinajstić information content (AvgIpc) is 2.18. The molecule has 0 unspecified atom stereocenters. The molecule has 9 heteroatoms. The van der Waals surface area contributed by atoms with E-state index in [4.69, 9.17) is 56.6 Å². The van der Waals surface area contributed by atoms with Gasteiger partial charge < -0.3 is 10.2 Å². The molecular weight excluding hydrogens is 342 g/mol. The molecule has 17 heavy (non-hydrogen) atoms. The van der Waals surface area contributed by atoms with Gasteiger partial charge in [0.25, 0.3) is 0 Å². The SMILES string of the molecule is O=C(O)c1c(Cl)c(Cl)c(Cl)c(Cl)c1C(=O)O.[CaH2]. The van der Waals surface area contributed by atoms with Crippen LogP contribution < -0.4 is 0 Å². The van der Waals surface area contributed by atoms with Crippen LogP contribution in [0.2, 0.25) is 20.1 Å². The van der Waals surface area contributed by atoms with Crippen LogP contribution >= 0.6 is 46.4 Å². The zero-order valence-corrected chi connectivity index (χ0v) is 10.2. The fraction of sp³-hybridized carbons (Fsp3) is 0. The van der Waals surface area contributed by atoms with Crippen LogP contribution in [0.4, 0.5) is 0 Å². The van der Waals surface area contributed by atoms with Gasteiger partial charge in [0.05, 0.1) is 31.2 Å². The van der Waals surface area contributed by atoms with E-state index in [1.54, 1.807) is 0 Å². The fourth-order valence-corrected chi connectivity index (χ4v) is 2.05. The second-order valence-electron chi connectivity index (χ2n) is 2.62. The Morgan fingerprint density at radius 1 is 0.706 bits per heavy atom. The van der Waals surface area contributed by atoms with E-state index >= 15 is 0 Å². The Labute approximate surface area is 145 Å². The second kappa shape index (κ2) is 6.66. The first-order valence-corrected chi connectivity index (χ1v) is 5.12. The summed E-state index contributed by atoms with van der Waals surface area (Å²) in [5, 5.41) is 16.1. The third kappa shape index (κ3) is 3.32. The number of hydrogen-bond acceptors (Lipinski definition) is 2. The molecule has 1 aromatic rings. The van der Waals surface area contributed by atoms with Crippen molar-refractivity contribution in [2.24, 2.45) is 0 Å². The van der Waals surface area contributed by atoms with Crippen LogP contribution in [0.1, 0.15) is 20.7 Å². The molecule has 0 aliphatic carbocycles. The molecule has 2 N–H and O–H groups in total. The molecule has 0 radical (unpaired) electrons. The predicted octanol–water partition coefficient (Wildman–Crippen LogP) is 2.78. The summed E-state index contributed by atoms with van der Waals surface area (Å²) in [6.45, 7) is 0. The van der Waals surface area contributed by atoms with Gasteiger partial charge in [0.1, 0.15) is 0 Å². The average molecular weight is 346 g/mol. The standard InChI is InChI=1S/C8H2Cl4O4.Ca.2H/c9-3-1(7(13)14)2(8(15)16)4(10)6(12)5(3)11;;;/h(H,13,14)(H,15,16);;;. The topological polar surface area (TPSA) is 74.6 Å². The summed E-state index contributed by atoms with van der Waals surface area (Å²) in [5.41, 5.74) is -1.37. The molecule has 0 saturated carbocycles. The van der Waals surface area contributed by atoms with E-state index in [0.29, 0.717) is 0 Å². The van der Waals surface area contributed by atoms with Crippen molar-refractivity contribution in [3.8, 4) is 0 Å². The molecule has 1 aromatic carbocycles. The van der Waals surface area contributed by atoms with Crippen LogP contribution in [-0.2, 0) is 0 Å². The maximum absolute atomic E-state index is 10.9. The van der Waals surface area contributed by atoms with Crippen molar-refractivity contribution >= 4 is 96.1 Å². The van der Waals surface area contributed by atoms with Gasteiger partial charge in [0, 0.05) is 0 Å². The first-order chi connectivity index (χ1) is 7.29. The number of aromatic carboxylic acids is 2. The number of halogens is 4. The van der Waals surface area contributed by atoms with Crippen LogP contribution in [0.15, 0.2) is 0 Å². The molecule has 90 valence electrons. The van der Waals surface area contributed by atoms with E-state index in [-0.39, 0.29) is 47.8 Å². The minimum absolute atomic E-state index is 0. The summed E-state index contributed by atoms with van der Waals surface area (Å²) >= 11 is 22.4. The van der Waals surface area contributed by atoms with Gasteiger partial charge in [-0.15, -0.1) is 0 Å². The number of rotatable bonds is 2. The number of carboxylic acids is 2. The van der Waals surface area contributed by atoms with E-state index in [9.17, 15) is 9.59 Å². The summed E-state index contributed by atoms with van der Waals surface area (Å²) in [7, 11) is 0. The van der Waals surface area contributed by atoms with Gasteiger partial charge in [-0.1, -0.05) is 46.4 Å². The normalized spacial score (nSPS) is 9.65. The molecule has 0 aliphatic rings. The molecule has 0 saturated heterocycles. The Hall–Kier alpha value is 0.580. The Morgan fingerprint density at radius 2 is 0.941 bits per heavy atom. The molecule has 0 fully saturated rings. The van der Waals surface area contributed by atoms with Gasteiger partial charge in [0.15, 0.2) is 0 Å². The van der Waals surface area contributed by atoms with Crippen molar-refractivity contribution < 1.29 is 19.8 Å². The zero-order valence-electron chi connectivity index (χ0n) is 7.22. The minimum atomic E-state index is -1.55. The Bertz CT molecular complexity index is 458. The number of benzene rings is 1. The molecule has 1 rings (SSSR count). The summed E-state index contributed by atoms with van der Waals surface area (Å²) in [4.78, 5) is 21.7. The molecule has 0 heterocycles. The molecule has 0 amide bonds. The summed E-state index contributed by atoms with van der Waals surface area (Å²) < 4.78 is 0. The number of hydrogen-bond donors (Lipinski definition) is 2. The van der Waals surface area contributed by atoms with Crippen molar-refractivity contribution in [3.05, 3.63) is 31.2 Å². The van der Waals surface area contributed by atoms with Crippen molar-refractivity contribution in [1.82, 2.24) is 0 Å². The first-order valence-electron chi connectivity index (χ1n) is 3.61. The molecule has 0 bridgehead atoms. The molecule has 4 nitrogen and oxygen atoms in total. The Kier molecular flexibility index (Phi) is 6.89. The van der Waals surface area contributed by atoms with E-state index in [2.05, 4.69) is 0 Å². The molecular formula is C8H4CaCl4O4. The quantitative estimate of drug-likeness (QED) is 0.491. The van der Waals surface area contributed by atoms with Gasteiger partial charge in [-0.2, -0.15) is 0 Å². The first kappa shape index (κ1) is 17.6. The van der Waals surface area contributed by atoms with E-state index in [1.807, 2.05) is 0 Å². The Morgan fingerprint density at radius 3 is 1.12 bits per heavy atom. The van der Waals surface area contributed by atoms with Crippen LogP contribution in [0, 0.1) is 0 Å². The summed E-state index contributed by atoms with van der Waals surface area (Å²) in [6.07, 6.45) is 0. The van der Waals surface area contributed by atoms with Crippen LogP contribution in [0.5, 0.6) is 0 Å². The summed E-state index contributed by atoms with van der Waals surface area (Å²) in [6, 6.07) is 0. The van der Waals surface area contributed by atoms with E-state index < -0.39 is 33.1 Å². The van der Waals surface area contributed by atoms with Crippen LogP contribution in [0.25, 0.3) is 0 Å². The van der Waals surface area contributed by atoms with Crippen molar-refractivity contribution in [1.29, 1.82) is 0 Å². The van der Waals surface area contributed by atoms with Crippen molar-refractivity contribution in [2.45, 2.75) is 0 Å². The molecule has 0 atom stereocenters. The van der Waals surface area contributed by atoms with Gasteiger partial charge in [0.2, 0.25) is 0 Å². The third-order valence-corrected chi connectivity index (χ3v) is 3.50. The number of carboxylic acid groups (broad SMARTS) is 2. The zero-order chi connectivity index (χ0) is 12.6. The second-order valence-corrected chi connectivity index (χ2v) is 4.13. The van der Waals surface area contributed by atoms with Gasteiger partial charge in [-0.3, -0.25) is 0 Å². The van der Waals surface area contributed by atoms with E-state index in [0.717, 1.165) is 0 Å². The predicted molar refractivity (Wildman–Crippen MR) is 68.9 cm³/mol. The number of carbonyl (C=O) groups is 2. The van der Waals surface area contributed by atoms with Gasteiger partial charge in [-0.25, -0.2) is 9.59 Å². The van der Waals surface area contributed by atoms with Crippen LogP contribution in [0.3, 0.4) is 0 Å². The third-order valence-electron chi connectivity index (χ3n) is 1.69. The van der Waals surface area contributed by atoms with Gasteiger partial charge in [-0.05, 0) is 0 Å². The van der Waals surface area contributed by atoms with Crippen molar-refractivity contribution in [3.63, 3.8) is 0 Å². The van der Waals surface area contributed by atoms with Crippen LogP contribution in [-0.4, -0.2) is 59.9 Å². The molecule has 0 aromatic heterocycles. The monoisotopic (exact) mass is 344 g/mol. The van der Waals surface area contributed by atoms with E-state index in [1.165, 1.54) is 0 Å². The van der Waals surface area contributed by atoms with Gasteiger partial charge >= 0.3 is 49.7 Å². The summed E-state index contributed by atoms with van der Waals surface area (Å²) in [5.74, 6) is -3.11. The molecule has 0 aliphatic heterocycles. The van der Waals surface area contributed by atoms with Crippen molar-refractivity contribution in [2.75, 3.05) is 0 Å². The maximum atomic E-state index is 10.9.